The number of hydrogen-bond donors (Lipinski definition) is 2. The molecule has 0 unspecified atom stereocenters. The third-order valence-corrected chi connectivity index (χ3v) is 5.90. The Balaban J connectivity index is 1.73. The monoisotopic (exact) mass is 384 g/mol. The van der Waals surface area contributed by atoms with Crippen LogP contribution in [0.1, 0.15) is 56.4 Å². The number of nitrogens with zero attached hydrogens (tertiary/aromatic N) is 6. The molecule has 0 amide bonds. The highest BCUT2D eigenvalue weighted by Gasteiger charge is 2.32. The summed E-state index contributed by atoms with van der Waals surface area (Å²) in [6.45, 7) is 6.72. The van der Waals surface area contributed by atoms with E-state index >= 15 is 0 Å². The number of aromatic nitrogens is 6. The molecule has 28 heavy (non-hydrogen) atoms. The Morgan fingerprint density at radius 3 is 2.68 bits per heavy atom. The molecule has 3 heterocycles. The minimum absolute atomic E-state index is 0.0228. The predicted octanol–water partition coefficient (Wildman–Crippen LogP) is 3.05. The zero-order valence-electron chi connectivity index (χ0n) is 16.1. The number of carboxylic acid groups (broad SMARTS) is 1. The van der Waals surface area contributed by atoms with Gasteiger partial charge in [0.1, 0.15) is 11.0 Å². The average Bonchev–Trinajstić information content (AvgIpc) is 3.29. The fourth-order valence-corrected chi connectivity index (χ4v) is 4.10. The van der Waals surface area contributed by atoms with Crippen molar-refractivity contribution in [3.05, 3.63) is 24.2 Å². The molecule has 0 aromatic carbocycles. The van der Waals surface area contributed by atoms with Crippen molar-refractivity contribution in [2.24, 2.45) is 17.8 Å². The molecule has 1 aliphatic rings. The van der Waals surface area contributed by atoms with E-state index in [2.05, 4.69) is 40.9 Å². The highest BCUT2D eigenvalue weighted by Crippen LogP contribution is 2.41. The summed E-state index contributed by atoms with van der Waals surface area (Å²) in [6.07, 6.45) is 7.49. The van der Waals surface area contributed by atoms with Crippen molar-refractivity contribution in [3.8, 4) is 11.8 Å². The molecule has 0 saturated heterocycles. The van der Waals surface area contributed by atoms with Crippen molar-refractivity contribution in [1.29, 1.82) is 0 Å². The van der Waals surface area contributed by atoms with E-state index in [-0.39, 0.29) is 23.4 Å². The van der Waals surface area contributed by atoms with Crippen molar-refractivity contribution in [2.45, 2.75) is 46.1 Å². The Kier molecular flexibility index (Phi) is 4.52. The van der Waals surface area contributed by atoms with E-state index in [0.29, 0.717) is 28.8 Å². The lowest BCUT2D eigenvalue weighted by molar-refractivity contribution is 0.0697. The Morgan fingerprint density at radius 1 is 1.21 bits per heavy atom. The quantitative estimate of drug-likeness (QED) is 0.709. The third kappa shape index (κ3) is 3.10. The number of carbonyl (C=O) groups is 1. The van der Waals surface area contributed by atoms with E-state index in [9.17, 15) is 9.90 Å². The van der Waals surface area contributed by atoms with Gasteiger partial charge in [-0.2, -0.15) is 15.2 Å². The lowest BCUT2D eigenvalue weighted by atomic mass is 9.74. The topological polar surface area (TPSA) is 119 Å². The molecule has 148 valence electrons. The van der Waals surface area contributed by atoms with Gasteiger partial charge in [0.2, 0.25) is 5.88 Å². The largest absolute Gasteiger partial charge is 0.492 e. The number of hydrogen-bond acceptors (Lipinski definition) is 6. The number of aromatic carboxylic acids is 1. The van der Waals surface area contributed by atoms with Gasteiger partial charge in [-0.15, -0.1) is 0 Å². The number of carboxylic acids is 1. The van der Waals surface area contributed by atoms with Crippen molar-refractivity contribution in [1.82, 2.24) is 29.5 Å². The minimum Gasteiger partial charge on any atom is -0.492 e. The van der Waals surface area contributed by atoms with Crippen LogP contribution in [-0.4, -0.2) is 45.7 Å². The van der Waals surface area contributed by atoms with E-state index in [1.165, 1.54) is 23.5 Å². The Morgan fingerprint density at radius 2 is 2.00 bits per heavy atom. The third-order valence-electron chi connectivity index (χ3n) is 5.90. The maximum Gasteiger partial charge on any atom is 0.338 e. The molecule has 0 bridgehead atoms. The second-order valence-corrected chi connectivity index (χ2v) is 8.01. The molecule has 0 radical (unpaired) electrons. The van der Waals surface area contributed by atoms with Crippen molar-refractivity contribution in [3.63, 3.8) is 0 Å². The van der Waals surface area contributed by atoms with Gasteiger partial charge in [-0.1, -0.05) is 20.8 Å². The van der Waals surface area contributed by atoms with Crippen LogP contribution >= 0.6 is 0 Å². The van der Waals surface area contributed by atoms with E-state index < -0.39 is 5.97 Å². The summed E-state index contributed by atoms with van der Waals surface area (Å²) in [5, 5.41) is 28.2. The van der Waals surface area contributed by atoms with Crippen LogP contribution in [0.3, 0.4) is 0 Å². The van der Waals surface area contributed by atoms with Crippen LogP contribution in [0.15, 0.2) is 18.6 Å². The summed E-state index contributed by atoms with van der Waals surface area (Å²) in [5.74, 6) is 0.521. The van der Waals surface area contributed by atoms with E-state index in [0.717, 1.165) is 12.8 Å². The summed E-state index contributed by atoms with van der Waals surface area (Å²) in [7, 11) is 0. The predicted molar refractivity (Wildman–Crippen MR) is 101 cm³/mol. The fourth-order valence-electron chi connectivity index (χ4n) is 4.10. The number of aromatic hydroxyl groups is 1. The molecule has 1 fully saturated rings. The first-order chi connectivity index (χ1) is 13.3. The number of fused-ring (bicyclic) bond motifs is 1. The summed E-state index contributed by atoms with van der Waals surface area (Å²) in [5.41, 5.74) is 1.04. The van der Waals surface area contributed by atoms with Crippen molar-refractivity contribution >= 4 is 17.0 Å². The maximum atomic E-state index is 11.1. The average molecular weight is 384 g/mol. The lowest BCUT2D eigenvalue weighted by Crippen LogP contribution is -2.29. The van der Waals surface area contributed by atoms with Crippen LogP contribution in [0.4, 0.5) is 0 Å². The molecule has 3 aromatic rings. The number of rotatable bonds is 4. The van der Waals surface area contributed by atoms with Gasteiger partial charge in [0.15, 0.2) is 0 Å². The lowest BCUT2D eigenvalue weighted by Gasteiger charge is -2.36. The molecular weight excluding hydrogens is 360 g/mol. The van der Waals surface area contributed by atoms with Gasteiger partial charge in [-0.05, 0) is 37.0 Å². The van der Waals surface area contributed by atoms with Crippen LogP contribution in [0.25, 0.3) is 17.0 Å². The van der Waals surface area contributed by atoms with Gasteiger partial charge in [-0.3, -0.25) is 4.68 Å². The maximum absolute atomic E-state index is 11.1. The second kappa shape index (κ2) is 6.88. The molecule has 3 atom stereocenters. The first-order valence-electron chi connectivity index (χ1n) is 9.57. The molecule has 3 aromatic heterocycles. The summed E-state index contributed by atoms with van der Waals surface area (Å²) < 4.78 is 3.09. The minimum atomic E-state index is -1.09. The Bertz CT molecular complexity index is 1020. The molecule has 1 saturated carbocycles. The normalized spacial score (nSPS) is 22.8. The zero-order valence-corrected chi connectivity index (χ0v) is 16.1. The van der Waals surface area contributed by atoms with Gasteiger partial charge in [-0.25, -0.2) is 14.5 Å². The van der Waals surface area contributed by atoms with E-state index in [4.69, 9.17) is 5.11 Å². The molecule has 0 spiro atoms. The molecule has 2 N–H and O–H groups in total. The highest BCUT2D eigenvalue weighted by molar-refractivity contribution is 5.87. The summed E-state index contributed by atoms with van der Waals surface area (Å²) in [4.78, 5) is 19.6. The highest BCUT2D eigenvalue weighted by atomic mass is 16.4. The smallest absolute Gasteiger partial charge is 0.338 e. The zero-order chi connectivity index (χ0) is 20.0. The van der Waals surface area contributed by atoms with Crippen molar-refractivity contribution < 1.29 is 15.0 Å². The molecule has 9 nitrogen and oxygen atoms in total. The van der Waals surface area contributed by atoms with E-state index in [1.807, 2.05) is 4.68 Å². The van der Waals surface area contributed by atoms with Gasteiger partial charge < -0.3 is 10.2 Å². The van der Waals surface area contributed by atoms with Gasteiger partial charge in [0, 0.05) is 6.20 Å². The standard InChI is InChI=1S/C19H24N6O3/c1-10(2)12-5-4-11(3)15(6-12)25-16-14(8-21-25)22-19(23-17(16)26)24-9-13(7-20-24)18(27)28/h7-12,15H,4-6H2,1-3H3,(H,27,28)(H,22,23,26)/t11-,12-,15+/m0/s1. The van der Waals surface area contributed by atoms with Gasteiger partial charge in [0.05, 0.1) is 24.0 Å². The summed E-state index contributed by atoms with van der Waals surface area (Å²) >= 11 is 0. The first-order valence-corrected chi connectivity index (χ1v) is 9.57. The van der Waals surface area contributed by atoms with Crippen LogP contribution in [0.2, 0.25) is 0 Å². The molecule has 9 heteroatoms. The van der Waals surface area contributed by atoms with Gasteiger partial charge in [0.25, 0.3) is 5.95 Å². The van der Waals surface area contributed by atoms with Crippen LogP contribution < -0.4 is 0 Å². The van der Waals surface area contributed by atoms with Crippen molar-refractivity contribution in [2.75, 3.05) is 0 Å². The van der Waals surface area contributed by atoms with Gasteiger partial charge >= 0.3 is 5.97 Å². The summed E-state index contributed by atoms with van der Waals surface area (Å²) in [6, 6.07) is 0.183. The van der Waals surface area contributed by atoms with Crippen LogP contribution in [0.5, 0.6) is 5.88 Å². The van der Waals surface area contributed by atoms with Crippen LogP contribution in [-0.2, 0) is 0 Å². The fraction of sp³-hybridized carbons (Fsp3) is 0.526. The molecular formula is C19H24N6O3. The second-order valence-electron chi connectivity index (χ2n) is 8.01. The first kappa shape index (κ1) is 18.4. The Hall–Kier alpha value is -2.97. The molecule has 1 aliphatic carbocycles. The SMILES string of the molecule is CC(C)[C@H]1CC[C@H](C)[C@H](n2ncc3nc(-n4cc(C(=O)O)cn4)nc(O)c32)C1. The molecule has 4 rings (SSSR count). The Labute approximate surface area is 162 Å². The van der Waals surface area contributed by atoms with Crippen LogP contribution in [0, 0.1) is 17.8 Å². The van der Waals surface area contributed by atoms with E-state index in [1.54, 1.807) is 6.20 Å². The molecule has 0 aliphatic heterocycles.